The minimum atomic E-state index is -0.370. The first-order chi connectivity index (χ1) is 9.22. The van der Waals surface area contributed by atoms with E-state index in [0.717, 1.165) is 35.1 Å². The van der Waals surface area contributed by atoms with E-state index in [0.29, 0.717) is 0 Å². The number of rotatable bonds is 3. The number of nitrogens with zero attached hydrogens (tertiary/aromatic N) is 1. The Balaban J connectivity index is 1.86. The van der Waals surface area contributed by atoms with Crippen molar-refractivity contribution in [2.75, 3.05) is 13.1 Å². The minimum absolute atomic E-state index is 0.0192. The van der Waals surface area contributed by atoms with Gasteiger partial charge in [0.1, 0.15) is 6.10 Å². The third-order valence-electron chi connectivity index (χ3n) is 4.83. The molecule has 0 bridgehead atoms. The molecule has 2 aliphatic rings. The fourth-order valence-corrected chi connectivity index (χ4v) is 4.99. The smallest absolute Gasteiger partial charge is 0.106 e. The molecule has 1 atom stereocenters. The van der Waals surface area contributed by atoms with Crippen LogP contribution in [0, 0.1) is 0 Å². The van der Waals surface area contributed by atoms with Crippen LogP contribution in [0.1, 0.15) is 55.9 Å². The second-order valence-electron chi connectivity index (χ2n) is 5.90. The van der Waals surface area contributed by atoms with Gasteiger partial charge in [0, 0.05) is 4.88 Å². The van der Waals surface area contributed by atoms with Crippen molar-refractivity contribution >= 4 is 22.9 Å². The van der Waals surface area contributed by atoms with E-state index in [4.69, 9.17) is 11.6 Å². The monoisotopic (exact) mass is 299 g/mol. The van der Waals surface area contributed by atoms with Crippen molar-refractivity contribution in [3.63, 3.8) is 0 Å². The molecule has 106 valence electrons. The van der Waals surface area contributed by atoms with Crippen LogP contribution in [0.15, 0.2) is 12.1 Å². The Morgan fingerprint density at radius 2 is 1.79 bits per heavy atom. The molecule has 1 saturated heterocycles. The van der Waals surface area contributed by atoms with Gasteiger partial charge in [-0.2, -0.15) is 0 Å². The van der Waals surface area contributed by atoms with Gasteiger partial charge in [0.25, 0.3) is 0 Å². The molecule has 2 fully saturated rings. The molecular weight excluding hydrogens is 278 g/mol. The first-order valence-electron chi connectivity index (χ1n) is 7.41. The normalized spacial score (nSPS) is 25.6. The van der Waals surface area contributed by atoms with E-state index in [2.05, 4.69) is 4.90 Å². The van der Waals surface area contributed by atoms with Crippen LogP contribution >= 0.6 is 22.9 Å². The van der Waals surface area contributed by atoms with E-state index in [1.165, 1.54) is 43.4 Å². The average molecular weight is 300 g/mol. The molecule has 1 aromatic rings. The molecule has 19 heavy (non-hydrogen) atoms. The number of aliphatic hydroxyl groups is 1. The lowest BCUT2D eigenvalue weighted by Crippen LogP contribution is -2.52. The number of halogens is 1. The number of piperidine rings is 1. The number of thiophene rings is 1. The van der Waals surface area contributed by atoms with Crippen LogP contribution in [0.3, 0.4) is 0 Å². The van der Waals surface area contributed by atoms with Gasteiger partial charge in [0.2, 0.25) is 0 Å². The van der Waals surface area contributed by atoms with Crippen LogP contribution in [-0.2, 0) is 0 Å². The Bertz CT molecular complexity index is 422. The first-order valence-corrected chi connectivity index (χ1v) is 8.60. The lowest BCUT2D eigenvalue weighted by Gasteiger charge is -2.46. The van der Waals surface area contributed by atoms with Crippen molar-refractivity contribution in [2.24, 2.45) is 0 Å². The van der Waals surface area contributed by atoms with E-state index in [9.17, 15) is 5.11 Å². The molecule has 4 heteroatoms. The van der Waals surface area contributed by atoms with Crippen molar-refractivity contribution in [1.29, 1.82) is 0 Å². The zero-order valence-corrected chi connectivity index (χ0v) is 12.8. The lowest BCUT2D eigenvalue weighted by molar-refractivity contribution is -0.0388. The Morgan fingerprint density at radius 1 is 1.11 bits per heavy atom. The Labute approximate surface area is 124 Å². The van der Waals surface area contributed by atoms with Gasteiger partial charge in [0.05, 0.1) is 9.88 Å². The van der Waals surface area contributed by atoms with Crippen LogP contribution in [0.4, 0.5) is 0 Å². The van der Waals surface area contributed by atoms with Gasteiger partial charge in [-0.05, 0) is 50.9 Å². The molecule has 1 aliphatic carbocycles. The SMILES string of the molecule is OC(c1ccc(Cl)s1)C1(N2CCCCC2)CCCC1. The fraction of sp³-hybridized carbons (Fsp3) is 0.733. The molecule has 0 radical (unpaired) electrons. The molecule has 2 heterocycles. The van der Waals surface area contributed by atoms with Crippen molar-refractivity contribution < 1.29 is 5.11 Å². The summed E-state index contributed by atoms with van der Waals surface area (Å²) in [7, 11) is 0. The lowest BCUT2D eigenvalue weighted by atomic mass is 9.85. The van der Waals surface area contributed by atoms with Crippen molar-refractivity contribution in [1.82, 2.24) is 4.90 Å². The second-order valence-corrected chi connectivity index (χ2v) is 7.65. The van der Waals surface area contributed by atoms with Gasteiger partial charge >= 0.3 is 0 Å². The number of hydrogen-bond donors (Lipinski definition) is 1. The van der Waals surface area contributed by atoms with Gasteiger partial charge in [0.15, 0.2) is 0 Å². The zero-order valence-electron chi connectivity index (χ0n) is 11.3. The summed E-state index contributed by atoms with van der Waals surface area (Å²) in [5.41, 5.74) is -0.0192. The van der Waals surface area contributed by atoms with E-state index < -0.39 is 0 Å². The summed E-state index contributed by atoms with van der Waals surface area (Å²) in [6, 6.07) is 3.91. The molecular formula is C15H22ClNOS. The predicted molar refractivity (Wildman–Crippen MR) is 80.9 cm³/mol. The quantitative estimate of drug-likeness (QED) is 0.902. The largest absolute Gasteiger partial charge is 0.386 e. The zero-order chi connectivity index (χ0) is 13.3. The summed E-state index contributed by atoms with van der Waals surface area (Å²) in [6.45, 7) is 2.30. The van der Waals surface area contributed by atoms with E-state index in [-0.39, 0.29) is 11.6 Å². The maximum absolute atomic E-state index is 10.9. The molecule has 1 aliphatic heterocycles. The van der Waals surface area contributed by atoms with Crippen LogP contribution in [0.25, 0.3) is 0 Å². The topological polar surface area (TPSA) is 23.5 Å². The third kappa shape index (κ3) is 2.58. The van der Waals surface area contributed by atoms with Crippen LogP contribution in [0.2, 0.25) is 4.34 Å². The highest BCUT2D eigenvalue weighted by Crippen LogP contribution is 2.47. The first kappa shape index (κ1) is 13.9. The van der Waals surface area contributed by atoms with E-state index >= 15 is 0 Å². The third-order valence-corrected chi connectivity index (χ3v) is 6.11. The van der Waals surface area contributed by atoms with Crippen molar-refractivity contribution in [3.8, 4) is 0 Å². The maximum atomic E-state index is 10.9. The Morgan fingerprint density at radius 3 is 2.37 bits per heavy atom. The highest BCUT2D eigenvalue weighted by Gasteiger charge is 2.46. The molecule has 0 amide bonds. The highest BCUT2D eigenvalue weighted by atomic mass is 35.5. The summed E-state index contributed by atoms with van der Waals surface area (Å²) in [6.07, 6.45) is 8.27. The summed E-state index contributed by atoms with van der Waals surface area (Å²) < 4.78 is 0.779. The van der Waals surface area contributed by atoms with Crippen molar-refractivity contribution in [2.45, 2.75) is 56.6 Å². The highest BCUT2D eigenvalue weighted by molar-refractivity contribution is 7.16. The summed E-state index contributed by atoms with van der Waals surface area (Å²) in [4.78, 5) is 3.61. The number of hydrogen-bond acceptors (Lipinski definition) is 3. The summed E-state index contributed by atoms with van der Waals surface area (Å²) >= 11 is 7.57. The molecule has 1 saturated carbocycles. The fourth-order valence-electron chi connectivity index (χ4n) is 3.83. The van der Waals surface area contributed by atoms with E-state index in [1.807, 2.05) is 12.1 Å². The minimum Gasteiger partial charge on any atom is -0.386 e. The average Bonchev–Trinajstić information content (AvgIpc) is 3.08. The number of likely N-dealkylation sites (tertiary alicyclic amines) is 1. The molecule has 3 rings (SSSR count). The van der Waals surface area contributed by atoms with Gasteiger partial charge in [-0.25, -0.2) is 0 Å². The summed E-state index contributed by atoms with van der Waals surface area (Å²) in [5.74, 6) is 0. The van der Waals surface area contributed by atoms with Crippen LogP contribution < -0.4 is 0 Å². The number of aliphatic hydroxyl groups excluding tert-OH is 1. The van der Waals surface area contributed by atoms with Crippen molar-refractivity contribution in [3.05, 3.63) is 21.3 Å². The Kier molecular flexibility index (Phi) is 4.18. The van der Waals surface area contributed by atoms with Crippen LogP contribution in [-0.4, -0.2) is 28.6 Å². The summed E-state index contributed by atoms with van der Waals surface area (Å²) in [5, 5.41) is 10.9. The Hall–Kier alpha value is -0.0900. The molecule has 1 unspecified atom stereocenters. The molecule has 1 aromatic heterocycles. The maximum Gasteiger partial charge on any atom is 0.106 e. The molecule has 1 N–H and O–H groups in total. The predicted octanol–water partition coefficient (Wildman–Crippen LogP) is 4.23. The second kappa shape index (κ2) is 5.72. The van der Waals surface area contributed by atoms with Gasteiger partial charge < -0.3 is 5.11 Å². The van der Waals surface area contributed by atoms with Gasteiger partial charge in [-0.15, -0.1) is 11.3 Å². The molecule has 2 nitrogen and oxygen atoms in total. The molecule has 0 aromatic carbocycles. The molecule has 0 spiro atoms. The van der Waals surface area contributed by atoms with Gasteiger partial charge in [-0.3, -0.25) is 4.90 Å². The standard InChI is InChI=1S/C15H22ClNOS/c16-13-7-6-12(19-13)14(18)15(8-2-3-9-15)17-10-4-1-5-11-17/h6-7,14,18H,1-5,8-11H2. The van der Waals surface area contributed by atoms with Crippen LogP contribution in [0.5, 0.6) is 0 Å². The van der Waals surface area contributed by atoms with Gasteiger partial charge in [-0.1, -0.05) is 30.9 Å². The van der Waals surface area contributed by atoms with E-state index in [1.54, 1.807) is 0 Å².